The van der Waals surface area contributed by atoms with Crippen LogP contribution in [0.5, 0.6) is 11.5 Å². The van der Waals surface area contributed by atoms with Gasteiger partial charge in [0.15, 0.2) is 11.5 Å². The molecule has 0 aliphatic carbocycles. The Morgan fingerprint density at radius 2 is 1.94 bits per heavy atom. The van der Waals surface area contributed by atoms with Gasteiger partial charge in [0.2, 0.25) is 0 Å². The summed E-state index contributed by atoms with van der Waals surface area (Å²) in [6, 6.07) is 2.08. The molecule has 0 atom stereocenters. The summed E-state index contributed by atoms with van der Waals surface area (Å²) in [6.07, 6.45) is 0. The summed E-state index contributed by atoms with van der Waals surface area (Å²) >= 11 is 0. The van der Waals surface area contributed by atoms with Gasteiger partial charge in [-0.3, -0.25) is 0 Å². The minimum Gasteiger partial charge on any atom is -0.486 e. The molecule has 1 aromatic rings. The van der Waals surface area contributed by atoms with Crippen LogP contribution in [0.3, 0.4) is 0 Å². The van der Waals surface area contributed by atoms with Crippen LogP contribution in [0.1, 0.15) is 10.4 Å². The van der Waals surface area contributed by atoms with E-state index in [4.69, 9.17) is 25.3 Å². The zero-order valence-corrected chi connectivity index (χ0v) is 9.92. The van der Waals surface area contributed by atoms with Crippen molar-refractivity contribution in [1.29, 1.82) is 0 Å². The molecule has 0 bridgehead atoms. The van der Waals surface area contributed by atoms with Gasteiger partial charge >= 0.3 is 5.97 Å². The predicted molar refractivity (Wildman–Crippen MR) is 57.4 cm³/mol. The van der Waals surface area contributed by atoms with Crippen molar-refractivity contribution in [2.24, 2.45) is 0 Å². The quantitative estimate of drug-likeness (QED) is 0.814. The fourth-order valence-corrected chi connectivity index (χ4v) is 2.20. The Kier molecular flexibility index (Phi) is 2.88. The van der Waals surface area contributed by atoms with Gasteiger partial charge < -0.3 is 14.6 Å². The molecular formula is C9H7ClO6S. The van der Waals surface area contributed by atoms with Crippen LogP contribution in [0.25, 0.3) is 0 Å². The van der Waals surface area contributed by atoms with Crippen molar-refractivity contribution in [1.82, 2.24) is 0 Å². The van der Waals surface area contributed by atoms with Gasteiger partial charge in [-0.25, -0.2) is 13.2 Å². The number of fused-ring (bicyclic) bond motifs is 1. The average molecular weight is 279 g/mol. The fraction of sp³-hybridized carbons (Fsp3) is 0.222. The number of carboxylic acids is 1. The van der Waals surface area contributed by atoms with E-state index in [9.17, 15) is 13.2 Å². The molecule has 0 unspecified atom stereocenters. The summed E-state index contributed by atoms with van der Waals surface area (Å²) in [7, 11) is 1.14. The van der Waals surface area contributed by atoms with Crippen molar-refractivity contribution in [3.63, 3.8) is 0 Å². The Bertz CT molecular complexity index is 579. The van der Waals surface area contributed by atoms with Gasteiger partial charge in [0.05, 0.1) is 4.90 Å². The smallest absolute Gasteiger partial charge is 0.339 e. The normalized spacial score (nSPS) is 14.4. The van der Waals surface area contributed by atoms with Crippen LogP contribution in [-0.4, -0.2) is 32.7 Å². The second-order valence-electron chi connectivity index (χ2n) is 3.24. The predicted octanol–water partition coefficient (Wildman–Crippen LogP) is 1.08. The van der Waals surface area contributed by atoms with Crippen molar-refractivity contribution in [3.8, 4) is 11.5 Å². The zero-order chi connectivity index (χ0) is 12.6. The van der Waals surface area contributed by atoms with E-state index in [0.717, 1.165) is 12.1 Å². The second-order valence-corrected chi connectivity index (χ2v) is 5.80. The number of benzene rings is 1. The molecule has 0 spiro atoms. The lowest BCUT2D eigenvalue weighted by atomic mass is 10.2. The largest absolute Gasteiger partial charge is 0.486 e. The third-order valence-electron chi connectivity index (χ3n) is 2.13. The van der Waals surface area contributed by atoms with Gasteiger partial charge in [-0.2, -0.15) is 0 Å². The molecule has 0 saturated carbocycles. The minimum atomic E-state index is -4.02. The highest BCUT2D eigenvalue weighted by Gasteiger charge is 2.25. The molecule has 92 valence electrons. The van der Waals surface area contributed by atoms with Gasteiger partial charge in [-0.15, -0.1) is 0 Å². The maximum atomic E-state index is 11.2. The first kappa shape index (κ1) is 12.0. The Hall–Kier alpha value is -1.47. The molecule has 6 nitrogen and oxygen atoms in total. The Morgan fingerprint density at radius 3 is 2.53 bits per heavy atom. The lowest BCUT2D eigenvalue weighted by Gasteiger charge is -2.20. The third-order valence-corrected chi connectivity index (χ3v) is 3.46. The molecular weight excluding hydrogens is 272 g/mol. The van der Waals surface area contributed by atoms with Crippen LogP contribution in [0.4, 0.5) is 0 Å². The molecule has 0 radical (unpaired) electrons. The molecule has 1 aliphatic rings. The van der Waals surface area contributed by atoms with E-state index >= 15 is 0 Å². The fourth-order valence-electron chi connectivity index (χ4n) is 1.43. The lowest BCUT2D eigenvalue weighted by molar-refractivity contribution is 0.0685. The summed E-state index contributed by atoms with van der Waals surface area (Å²) in [6.45, 7) is 0.429. The summed E-state index contributed by atoms with van der Waals surface area (Å²) in [5.74, 6) is -1.22. The highest BCUT2D eigenvalue weighted by Crippen LogP contribution is 2.37. The maximum Gasteiger partial charge on any atom is 0.339 e. The van der Waals surface area contributed by atoms with Gasteiger partial charge in [0, 0.05) is 16.7 Å². The number of halogens is 1. The average Bonchev–Trinajstić information content (AvgIpc) is 2.26. The first-order valence-corrected chi connectivity index (χ1v) is 6.82. The molecule has 17 heavy (non-hydrogen) atoms. The van der Waals surface area contributed by atoms with Gasteiger partial charge in [-0.05, 0) is 6.07 Å². The number of carboxylic acid groups (broad SMARTS) is 1. The molecule has 1 aliphatic heterocycles. The number of aromatic carboxylic acids is 1. The van der Waals surface area contributed by atoms with E-state index in [1.54, 1.807) is 0 Å². The zero-order valence-electron chi connectivity index (χ0n) is 8.34. The standard InChI is InChI=1S/C9H7ClO6S/c10-17(13,14)5-3-6(9(11)12)8-7(4-5)15-1-2-16-8/h3-4H,1-2H2,(H,11,12). The van der Waals surface area contributed by atoms with Crippen LogP contribution >= 0.6 is 10.7 Å². The van der Waals surface area contributed by atoms with Crippen molar-refractivity contribution in [2.75, 3.05) is 13.2 Å². The molecule has 0 saturated heterocycles. The van der Waals surface area contributed by atoms with E-state index in [2.05, 4.69) is 0 Å². The summed E-state index contributed by atoms with van der Waals surface area (Å²) in [5.41, 5.74) is -0.290. The van der Waals surface area contributed by atoms with Crippen LogP contribution in [0.15, 0.2) is 17.0 Å². The van der Waals surface area contributed by atoms with Crippen molar-refractivity contribution >= 4 is 25.7 Å². The highest BCUT2D eigenvalue weighted by atomic mass is 35.7. The Labute approximate surface area is 101 Å². The topological polar surface area (TPSA) is 89.9 Å². The highest BCUT2D eigenvalue weighted by molar-refractivity contribution is 8.13. The summed E-state index contributed by atoms with van der Waals surface area (Å²) in [4.78, 5) is 10.6. The van der Waals surface area contributed by atoms with Gasteiger partial charge in [-0.1, -0.05) is 0 Å². The van der Waals surface area contributed by atoms with Gasteiger partial charge in [0.25, 0.3) is 9.05 Å². The molecule has 0 amide bonds. The molecule has 1 N–H and O–H groups in total. The van der Waals surface area contributed by atoms with Crippen LogP contribution in [0.2, 0.25) is 0 Å². The first-order valence-electron chi connectivity index (χ1n) is 4.51. The molecule has 1 heterocycles. The number of ether oxygens (including phenoxy) is 2. The van der Waals surface area contributed by atoms with Crippen molar-refractivity contribution in [3.05, 3.63) is 17.7 Å². The first-order chi connectivity index (χ1) is 7.89. The summed E-state index contributed by atoms with van der Waals surface area (Å²) in [5, 5.41) is 8.96. The maximum absolute atomic E-state index is 11.2. The molecule has 8 heteroatoms. The van der Waals surface area contributed by atoms with Crippen LogP contribution in [0, 0.1) is 0 Å². The third kappa shape index (κ3) is 2.29. The molecule has 2 rings (SSSR count). The number of hydrogen-bond donors (Lipinski definition) is 1. The van der Waals surface area contributed by atoms with E-state index in [0.29, 0.717) is 0 Å². The Morgan fingerprint density at radius 1 is 1.29 bits per heavy atom. The van der Waals surface area contributed by atoms with Gasteiger partial charge in [0.1, 0.15) is 18.8 Å². The Balaban J connectivity index is 2.69. The molecule has 0 aromatic heterocycles. The van der Waals surface area contributed by atoms with Crippen molar-refractivity contribution < 1.29 is 27.8 Å². The van der Waals surface area contributed by atoms with Crippen LogP contribution < -0.4 is 9.47 Å². The van der Waals surface area contributed by atoms with E-state index in [1.807, 2.05) is 0 Å². The minimum absolute atomic E-state index is 0.0211. The van der Waals surface area contributed by atoms with Crippen LogP contribution in [-0.2, 0) is 9.05 Å². The SMILES string of the molecule is O=C(O)c1cc(S(=O)(=O)Cl)cc2c1OCCO2. The van der Waals surface area contributed by atoms with E-state index in [-0.39, 0.29) is 35.2 Å². The summed E-state index contributed by atoms with van der Waals surface area (Å²) < 4.78 is 32.6. The molecule has 1 aromatic carbocycles. The molecule has 0 fully saturated rings. The van der Waals surface area contributed by atoms with E-state index < -0.39 is 15.0 Å². The van der Waals surface area contributed by atoms with Crippen molar-refractivity contribution in [2.45, 2.75) is 4.90 Å². The lowest BCUT2D eigenvalue weighted by Crippen LogP contribution is -2.18. The number of carbonyl (C=O) groups is 1. The number of hydrogen-bond acceptors (Lipinski definition) is 5. The monoisotopic (exact) mass is 278 g/mol. The second kappa shape index (κ2) is 4.08. The van der Waals surface area contributed by atoms with E-state index in [1.165, 1.54) is 0 Å². The number of rotatable bonds is 2.